The van der Waals surface area contributed by atoms with Gasteiger partial charge in [0.2, 0.25) is 0 Å². The van der Waals surface area contributed by atoms with Gasteiger partial charge in [-0.15, -0.1) is 0 Å². The predicted octanol–water partition coefficient (Wildman–Crippen LogP) is 0.589. The van der Waals surface area contributed by atoms with E-state index < -0.39 is 23.2 Å². The van der Waals surface area contributed by atoms with Crippen molar-refractivity contribution in [2.24, 2.45) is 0 Å². The summed E-state index contributed by atoms with van der Waals surface area (Å²) in [6.45, 7) is 0. The Labute approximate surface area is 112 Å². The van der Waals surface area contributed by atoms with Crippen LogP contribution in [0.2, 0.25) is 0 Å². The normalized spacial score (nSPS) is 9.85. The summed E-state index contributed by atoms with van der Waals surface area (Å²) in [5.41, 5.74) is 3.10. The molecule has 1 aromatic carbocycles. The highest BCUT2D eigenvalue weighted by molar-refractivity contribution is 5.98. The maximum Gasteiger partial charge on any atom is 0.275 e. The van der Waals surface area contributed by atoms with Gasteiger partial charge >= 0.3 is 0 Å². The second kappa shape index (κ2) is 5.79. The molecule has 102 valence electrons. The Balaban J connectivity index is 2.05. The van der Waals surface area contributed by atoms with Gasteiger partial charge in [-0.05, 0) is 24.3 Å². The van der Waals surface area contributed by atoms with Gasteiger partial charge in [0.1, 0.15) is 11.4 Å². The SMILES string of the molecule is O=C(NNC(=O)c1ccc[nH]c1=O)c1ccccc1F. The van der Waals surface area contributed by atoms with Crippen molar-refractivity contribution in [3.63, 3.8) is 0 Å². The van der Waals surface area contributed by atoms with E-state index in [-0.39, 0.29) is 11.1 Å². The molecule has 0 aliphatic rings. The molecule has 0 bridgehead atoms. The molecule has 0 spiro atoms. The van der Waals surface area contributed by atoms with E-state index in [1.807, 2.05) is 10.9 Å². The molecule has 2 aromatic rings. The van der Waals surface area contributed by atoms with Crippen molar-refractivity contribution in [1.82, 2.24) is 15.8 Å². The van der Waals surface area contributed by atoms with Gasteiger partial charge in [0.05, 0.1) is 5.56 Å². The molecule has 1 heterocycles. The molecule has 2 amide bonds. The minimum Gasteiger partial charge on any atom is -0.328 e. The number of rotatable bonds is 2. The zero-order valence-electron chi connectivity index (χ0n) is 10.1. The van der Waals surface area contributed by atoms with Crippen LogP contribution >= 0.6 is 0 Å². The predicted molar refractivity (Wildman–Crippen MR) is 68.4 cm³/mol. The van der Waals surface area contributed by atoms with E-state index in [4.69, 9.17) is 0 Å². The molecule has 0 fully saturated rings. The average Bonchev–Trinajstić information content (AvgIpc) is 2.45. The molecule has 0 atom stereocenters. The van der Waals surface area contributed by atoms with Crippen LogP contribution in [0.25, 0.3) is 0 Å². The van der Waals surface area contributed by atoms with E-state index in [0.29, 0.717) is 0 Å². The van der Waals surface area contributed by atoms with Crippen molar-refractivity contribution in [1.29, 1.82) is 0 Å². The lowest BCUT2D eigenvalue weighted by molar-refractivity contribution is 0.0843. The second-order valence-corrected chi connectivity index (χ2v) is 3.80. The molecular weight excluding hydrogens is 265 g/mol. The summed E-state index contributed by atoms with van der Waals surface area (Å²) >= 11 is 0. The number of halogens is 1. The first-order valence-electron chi connectivity index (χ1n) is 5.62. The Morgan fingerprint density at radius 3 is 2.20 bits per heavy atom. The molecule has 0 aliphatic carbocycles. The first kappa shape index (κ1) is 13.5. The van der Waals surface area contributed by atoms with Crippen LogP contribution < -0.4 is 16.4 Å². The highest BCUT2D eigenvalue weighted by Crippen LogP contribution is 2.05. The molecule has 7 heteroatoms. The van der Waals surface area contributed by atoms with Crippen molar-refractivity contribution in [2.45, 2.75) is 0 Å². The fraction of sp³-hybridized carbons (Fsp3) is 0. The summed E-state index contributed by atoms with van der Waals surface area (Å²) in [6.07, 6.45) is 1.37. The van der Waals surface area contributed by atoms with Crippen LogP contribution in [0.5, 0.6) is 0 Å². The third-order valence-electron chi connectivity index (χ3n) is 2.47. The van der Waals surface area contributed by atoms with Crippen LogP contribution in [0.1, 0.15) is 20.7 Å². The van der Waals surface area contributed by atoms with Gasteiger partial charge in [-0.3, -0.25) is 25.2 Å². The van der Waals surface area contributed by atoms with Crippen LogP contribution in [0.15, 0.2) is 47.4 Å². The molecule has 0 radical (unpaired) electrons. The topological polar surface area (TPSA) is 91.1 Å². The highest BCUT2D eigenvalue weighted by Gasteiger charge is 2.13. The number of carbonyl (C=O) groups is 2. The minimum absolute atomic E-state index is 0.165. The fourth-order valence-corrected chi connectivity index (χ4v) is 1.49. The van der Waals surface area contributed by atoms with Crippen LogP contribution in [0.3, 0.4) is 0 Å². The van der Waals surface area contributed by atoms with E-state index in [9.17, 15) is 18.8 Å². The van der Waals surface area contributed by atoms with E-state index >= 15 is 0 Å². The smallest absolute Gasteiger partial charge is 0.275 e. The first-order chi connectivity index (χ1) is 9.59. The molecule has 1 aromatic heterocycles. The molecule has 0 saturated heterocycles. The zero-order valence-corrected chi connectivity index (χ0v) is 10.1. The quantitative estimate of drug-likeness (QED) is 0.700. The van der Waals surface area contributed by atoms with Crippen molar-refractivity contribution in [2.75, 3.05) is 0 Å². The summed E-state index contributed by atoms with van der Waals surface area (Å²) in [5.74, 6) is -2.32. The molecule has 0 aliphatic heterocycles. The number of carbonyl (C=O) groups excluding carboxylic acids is 2. The number of aromatic nitrogens is 1. The maximum absolute atomic E-state index is 13.3. The van der Waals surface area contributed by atoms with Gasteiger partial charge in [-0.2, -0.15) is 0 Å². The molecule has 3 N–H and O–H groups in total. The largest absolute Gasteiger partial charge is 0.328 e. The van der Waals surface area contributed by atoms with E-state index in [2.05, 4.69) is 4.98 Å². The van der Waals surface area contributed by atoms with Gasteiger partial charge in [0.15, 0.2) is 0 Å². The minimum atomic E-state index is -0.816. The molecule has 0 saturated carbocycles. The van der Waals surface area contributed by atoms with Gasteiger partial charge in [0, 0.05) is 6.20 Å². The Bertz CT molecular complexity index is 712. The van der Waals surface area contributed by atoms with Crippen molar-refractivity contribution in [3.8, 4) is 0 Å². The average molecular weight is 275 g/mol. The van der Waals surface area contributed by atoms with Crippen LogP contribution in [-0.2, 0) is 0 Å². The van der Waals surface area contributed by atoms with Gasteiger partial charge in [0.25, 0.3) is 17.4 Å². The standard InChI is InChI=1S/C13H10FN3O3/c14-10-6-2-1-4-8(10)12(19)16-17-13(20)9-5-3-7-15-11(9)18/h1-7H,(H,15,18)(H,16,19)(H,17,20). The Hall–Kier alpha value is -2.96. The molecule has 6 nitrogen and oxygen atoms in total. The highest BCUT2D eigenvalue weighted by atomic mass is 19.1. The number of nitrogens with one attached hydrogen (secondary N) is 3. The summed E-state index contributed by atoms with van der Waals surface area (Å²) in [5, 5.41) is 0. The number of benzene rings is 1. The Morgan fingerprint density at radius 1 is 0.950 bits per heavy atom. The Kier molecular flexibility index (Phi) is 3.90. The first-order valence-corrected chi connectivity index (χ1v) is 5.62. The number of hydrazine groups is 1. The van der Waals surface area contributed by atoms with Gasteiger partial charge in [-0.1, -0.05) is 12.1 Å². The van der Waals surface area contributed by atoms with Crippen LogP contribution in [-0.4, -0.2) is 16.8 Å². The number of hydrogen-bond donors (Lipinski definition) is 3. The van der Waals surface area contributed by atoms with E-state index in [0.717, 1.165) is 6.07 Å². The van der Waals surface area contributed by atoms with Crippen molar-refractivity contribution >= 4 is 11.8 Å². The van der Waals surface area contributed by atoms with Crippen LogP contribution in [0, 0.1) is 5.82 Å². The molecular formula is C13H10FN3O3. The van der Waals surface area contributed by atoms with Gasteiger partial charge < -0.3 is 4.98 Å². The number of amides is 2. The van der Waals surface area contributed by atoms with E-state index in [1.165, 1.54) is 36.5 Å². The Morgan fingerprint density at radius 2 is 1.55 bits per heavy atom. The summed E-state index contributed by atoms with van der Waals surface area (Å²) < 4.78 is 13.3. The zero-order chi connectivity index (χ0) is 14.5. The molecule has 2 rings (SSSR count). The third kappa shape index (κ3) is 2.89. The van der Waals surface area contributed by atoms with Crippen molar-refractivity contribution < 1.29 is 14.0 Å². The summed E-state index contributed by atoms with van der Waals surface area (Å²) in [6, 6.07) is 8.08. The summed E-state index contributed by atoms with van der Waals surface area (Å²) in [7, 11) is 0. The molecule has 0 unspecified atom stereocenters. The molecule has 20 heavy (non-hydrogen) atoms. The number of aromatic amines is 1. The maximum atomic E-state index is 13.3. The number of H-pyrrole nitrogens is 1. The monoisotopic (exact) mass is 275 g/mol. The number of hydrogen-bond acceptors (Lipinski definition) is 3. The fourth-order valence-electron chi connectivity index (χ4n) is 1.49. The number of pyridine rings is 1. The van der Waals surface area contributed by atoms with E-state index in [1.54, 1.807) is 0 Å². The lowest BCUT2D eigenvalue weighted by Crippen LogP contribution is -2.43. The lowest BCUT2D eigenvalue weighted by atomic mass is 10.2. The van der Waals surface area contributed by atoms with Crippen molar-refractivity contribution in [3.05, 3.63) is 69.9 Å². The van der Waals surface area contributed by atoms with Crippen LogP contribution in [0.4, 0.5) is 4.39 Å². The lowest BCUT2D eigenvalue weighted by Gasteiger charge is -2.07. The second-order valence-electron chi connectivity index (χ2n) is 3.80. The van der Waals surface area contributed by atoms with Gasteiger partial charge in [-0.25, -0.2) is 4.39 Å². The summed E-state index contributed by atoms with van der Waals surface area (Å²) in [4.78, 5) is 36.9. The third-order valence-corrected chi connectivity index (χ3v) is 2.47.